The molecule has 0 aliphatic carbocycles. The Balaban J connectivity index is 2.45. The molecule has 0 aliphatic heterocycles. The predicted octanol–water partition coefficient (Wildman–Crippen LogP) is 1.25. The van der Waals surface area contributed by atoms with E-state index in [9.17, 15) is 4.79 Å². The summed E-state index contributed by atoms with van der Waals surface area (Å²) in [4.78, 5) is 15.5. The van der Waals surface area contributed by atoms with Crippen LogP contribution in [0, 0.1) is 17.2 Å². The van der Waals surface area contributed by atoms with E-state index in [-0.39, 0.29) is 5.91 Å². The van der Waals surface area contributed by atoms with Crippen molar-refractivity contribution in [1.82, 2.24) is 10.3 Å². The van der Waals surface area contributed by atoms with Gasteiger partial charge in [0.1, 0.15) is 5.92 Å². The molecule has 1 aromatic heterocycles. The van der Waals surface area contributed by atoms with Gasteiger partial charge in [0, 0.05) is 6.20 Å². The second-order valence-corrected chi connectivity index (χ2v) is 3.13. The van der Waals surface area contributed by atoms with Crippen LogP contribution in [0.25, 0.3) is 0 Å². The van der Waals surface area contributed by atoms with E-state index >= 15 is 0 Å². The third kappa shape index (κ3) is 3.39. The lowest BCUT2D eigenvalue weighted by Gasteiger charge is -2.07. The Hall–Kier alpha value is -1.89. The summed E-state index contributed by atoms with van der Waals surface area (Å²) in [5.74, 6) is -0.792. The van der Waals surface area contributed by atoms with Crippen molar-refractivity contribution in [3.05, 3.63) is 30.1 Å². The van der Waals surface area contributed by atoms with Gasteiger partial charge in [0.25, 0.3) is 0 Å². The highest BCUT2D eigenvalue weighted by atomic mass is 16.1. The van der Waals surface area contributed by atoms with Crippen molar-refractivity contribution in [2.45, 2.75) is 19.9 Å². The second-order valence-electron chi connectivity index (χ2n) is 3.13. The summed E-state index contributed by atoms with van der Waals surface area (Å²) >= 11 is 0. The van der Waals surface area contributed by atoms with Crippen LogP contribution in [0.1, 0.15) is 19.0 Å². The number of carbonyl (C=O) groups is 1. The predicted molar refractivity (Wildman–Crippen MR) is 55.5 cm³/mol. The van der Waals surface area contributed by atoms with Gasteiger partial charge >= 0.3 is 0 Å². The number of amides is 1. The third-order valence-corrected chi connectivity index (χ3v) is 2.05. The monoisotopic (exact) mass is 203 g/mol. The van der Waals surface area contributed by atoms with Gasteiger partial charge in [-0.2, -0.15) is 5.26 Å². The minimum atomic E-state index is -0.561. The zero-order valence-electron chi connectivity index (χ0n) is 8.60. The van der Waals surface area contributed by atoms with Crippen LogP contribution in [0.4, 0.5) is 0 Å². The minimum Gasteiger partial charge on any atom is -0.349 e. The van der Waals surface area contributed by atoms with E-state index in [1.54, 1.807) is 6.20 Å². The summed E-state index contributed by atoms with van der Waals surface area (Å²) in [6, 6.07) is 7.45. The molecule has 0 fully saturated rings. The lowest BCUT2D eigenvalue weighted by Crippen LogP contribution is -2.29. The number of nitrogens with zero attached hydrogens (tertiary/aromatic N) is 2. The Labute approximate surface area is 88.9 Å². The molecule has 1 heterocycles. The quantitative estimate of drug-likeness (QED) is 0.800. The number of carbonyl (C=O) groups excluding carboxylic acids is 1. The van der Waals surface area contributed by atoms with E-state index in [2.05, 4.69) is 10.3 Å². The average Bonchev–Trinajstić information content (AvgIpc) is 2.29. The van der Waals surface area contributed by atoms with Gasteiger partial charge in [-0.15, -0.1) is 0 Å². The van der Waals surface area contributed by atoms with E-state index in [1.165, 1.54) is 0 Å². The largest absolute Gasteiger partial charge is 0.349 e. The molecule has 0 saturated heterocycles. The molecule has 15 heavy (non-hydrogen) atoms. The summed E-state index contributed by atoms with van der Waals surface area (Å²) < 4.78 is 0. The molecule has 1 atom stereocenters. The first-order valence-electron chi connectivity index (χ1n) is 4.85. The molecule has 0 spiro atoms. The topological polar surface area (TPSA) is 65.8 Å². The number of rotatable bonds is 4. The number of nitriles is 1. The van der Waals surface area contributed by atoms with E-state index in [0.29, 0.717) is 13.0 Å². The Morgan fingerprint density at radius 2 is 2.47 bits per heavy atom. The van der Waals surface area contributed by atoms with Crippen LogP contribution >= 0.6 is 0 Å². The van der Waals surface area contributed by atoms with Gasteiger partial charge in [-0.25, -0.2) is 0 Å². The highest BCUT2D eigenvalue weighted by Crippen LogP contribution is 2.01. The summed E-state index contributed by atoms with van der Waals surface area (Å²) in [5.41, 5.74) is 0.790. The Morgan fingerprint density at radius 3 is 3.00 bits per heavy atom. The first-order valence-corrected chi connectivity index (χ1v) is 4.85. The molecule has 0 bridgehead atoms. The Morgan fingerprint density at radius 1 is 1.67 bits per heavy atom. The normalized spacial score (nSPS) is 11.5. The standard InChI is InChI=1S/C11H13N3O/c1-2-9(7-12)11(15)14-8-10-5-3-4-6-13-10/h3-6,9H,2,8H2,1H3,(H,14,15). The summed E-state index contributed by atoms with van der Waals surface area (Å²) in [7, 11) is 0. The van der Waals surface area contributed by atoms with Crippen molar-refractivity contribution in [3.63, 3.8) is 0 Å². The first kappa shape index (κ1) is 11.2. The number of nitrogens with one attached hydrogen (secondary N) is 1. The fourth-order valence-electron chi connectivity index (χ4n) is 1.14. The fourth-order valence-corrected chi connectivity index (χ4v) is 1.14. The van der Waals surface area contributed by atoms with Crippen molar-refractivity contribution in [2.75, 3.05) is 0 Å². The van der Waals surface area contributed by atoms with Crippen LogP contribution in [-0.2, 0) is 11.3 Å². The molecule has 4 nitrogen and oxygen atoms in total. The van der Waals surface area contributed by atoms with Crippen molar-refractivity contribution in [3.8, 4) is 6.07 Å². The maximum Gasteiger partial charge on any atom is 0.237 e. The van der Waals surface area contributed by atoms with Crippen LogP contribution in [0.3, 0.4) is 0 Å². The molecule has 1 aromatic rings. The SMILES string of the molecule is CCC(C#N)C(=O)NCc1ccccn1. The van der Waals surface area contributed by atoms with Crippen LogP contribution in [-0.4, -0.2) is 10.9 Å². The van der Waals surface area contributed by atoms with E-state index in [4.69, 9.17) is 5.26 Å². The molecular weight excluding hydrogens is 190 g/mol. The summed E-state index contributed by atoms with van der Waals surface area (Å²) in [5, 5.41) is 11.3. The van der Waals surface area contributed by atoms with Crippen LogP contribution < -0.4 is 5.32 Å². The maximum absolute atomic E-state index is 11.4. The van der Waals surface area contributed by atoms with Gasteiger partial charge in [0.2, 0.25) is 5.91 Å². The average molecular weight is 203 g/mol. The van der Waals surface area contributed by atoms with Gasteiger partial charge in [0.05, 0.1) is 18.3 Å². The molecule has 1 unspecified atom stereocenters. The molecule has 78 valence electrons. The molecule has 1 rings (SSSR count). The molecule has 4 heteroatoms. The zero-order valence-corrected chi connectivity index (χ0v) is 8.60. The van der Waals surface area contributed by atoms with Crippen LogP contribution in [0.5, 0.6) is 0 Å². The van der Waals surface area contributed by atoms with Gasteiger partial charge in [-0.1, -0.05) is 13.0 Å². The lowest BCUT2D eigenvalue weighted by atomic mass is 10.1. The molecule has 0 aromatic carbocycles. The minimum absolute atomic E-state index is 0.231. The molecular formula is C11H13N3O. The second kappa shape index (κ2) is 5.76. The summed E-state index contributed by atoms with van der Waals surface area (Å²) in [6.07, 6.45) is 2.20. The number of aromatic nitrogens is 1. The lowest BCUT2D eigenvalue weighted by molar-refractivity contribution is -0.123. The van der Waals surface area contributed by atoms with E-state index < -0.39 is 5.92 Å². The van der Waals surface area contributed by atoms with Gasteiger partial charge in [-0.05, 0) is 18.6 Å². The smallest absolute Gasteiger partial charge is 0.237 e. The molecule has 0 aliphatic rings. The molecule has 1 amide bonds. The van der Waals surface area contributed by atoms with E-state index in [1.807, 2.05) is 31.2 Å². The zero-order chi connectivity index (χ0) is 11.1. The molecule has 1 N–H and O–H groups in total. The molecule has 0 saturated carbocycles. The summed E-state index contributed by atoms with van der Waals surface area (Å²) in [6.45, 7) is 2.19. The number of hydrogen-bond donors (Lipinski definition) is 1. The van der Waals surface area contributed by atoms with Crippen molar-refractivity contribution in [2.24, 2.45) is 5.92 Å². The fraction of sp³-hybridized carbons (Fsp3) is 0.364. The van der Waals surface area contributed by atoms with Crippen molar-refractivity contribution < 1.29 is 4.79 Å². The Kier molecular flexibility index (Phi) is 4.30. The van der Waals surface area contributed by atoms with Crippen molar-refractivity contribution >= 4 is 5.91 Å². The van der Waals surface area contributed by atoms with Gasteiger partial charge < -0.3 is 5.32 Å². The maximum atomic E-state index is 11.4. The van der Waals surface area contributed by atoms with E-state index in [0.717, 1.165) is 5.69 Å². The highest BCUT2D eigenvalue weighted by Gasteiger charge is 2.14. The van der Waals surface area contributed by atoms with Gasteiger partial charge in [-0.3, -0.25) is 9.78 Å². The Bertz CT molecular complexity index is 356. The number of hydrogen-bond acceptors (Lipinski definition) is 3. The highest BCUT2D eigenvalue weighted by molar-refractivity contribution is 5.80. The van der Waals surface area contributed by atoms with Crippen molar-refractivity contribution in [1.29, 1.82) is 5.26 Å². The third-order valence-electron chi connectivity index (χ3n) is 2.05. The number of pyridine rings is 1. The molecule has 0 radical (unpaired) electrons. The van der Waals surface area contributed by atoms with Crippen LogP contribution in [0.15, 0.2) is 24.4 Å². The first-order chi connectivity index (χ1) is 7.27. The van der Waals surface area contributed by atoms with Crippen LogP contribution in [0.2, 0.25) is 0 Å². The van der Waals surface area contributed by atoms with Gasteiger partial charge in [0.15, 0.2) is 0 Å².